The summed E-state index contributed by atoms with van der Waals surface area (Å²) in [4.78, 5) is 13.7. The first kappa shape index (κ1) is 12.1. The lowest BCUT2D eigenvalue weighted by Gasteiger charge is -2.11. The molecule has 6 heteroatoms. The summed E-state index contributed by atoms with van der Waals surface area (Å²) < 4.78 is 5.49. The van der Waals surface area contributed by atoms with Crippen LogP contribution in [0.5, 0.6) is 0 Å². The van der Waals surface area contributed by atoms with E-state index in [4.69, 9.17) is 4.42 Å². The molecule has 2 aromatic rings. The van der Waals surface area contributed by atoms with Crippen LogP contribution < -0.4 is 5.32 Å². The zero-order valence-corrected chi connectivity index (χ0v) is 10.1. The minimum atomic E-state index is -0.525. The monoisotopic (exact) mass is 247 g/mol. The van der Waals surface area contributed by atoms with E-state index in [9.17, 15) is 10.1 Å². The second kappa shape index (κ2) is 4.87. The highest BCUT2D eigenvalue weighted by Crippen LogP contribution is 2.21. The predicted molar refractivity (Wildman–Crippen MR) is 66.4 cm³/mol. The van der Waals surface area contributed by atoms with Crippen LogP contribution in [0.1, 0.15) is 24.5 Å². The number of pyridine rings is 1. The predicted octanol–water partition coefficient (Wildman–Crippen LogP) is 3.06. The van der Waals surface area contributed by atoms with Gasteiger partial charge >= 0.3 is 5.82 Å². The second-order valence-corrected chi connectivity index (χ2v) is 3.98. The van der Waals surface area contributed by atoms with Gasteiger partial charge in [-0.25, -0.2) is 0 Å². The van der Waals surface area contributed by atoms with E-state index >= 15 is 0 Å². The third-order valence-electron chi connectivity index (χ3n) is 2.51. The summed E-state index contributed by atoms with van der Waals surface area (Å²) in [5.74, 6) is 1.49. The Morgan fingerprint density at radius 2 is 2.17 bits per heavy atom. The zero-order valence-electron chi connectivity index (χ0n) is 10.1. The molecule has 2 rings (SSSR count). The van der Waals surface area contributed by atoms with E-state index in [1.54, 1.807) is 6.07 Å². The Kier molecular flexibility index (Phi) is 3.27. The van der Waals surface area contributed by atoms with Gasteiger partial charge < -0.3 is 19.8 Å². The fourth-order valence-corrected chi connectivity index (χ4v) is 1.59. The molecule has 18 heavy (non-hydrogen) atoms. The highest BCUT2D eigenvalue weighted by Gasteiger charge is 2.11. The maximum absolute atomic E-state index is 10.5. The molecule has 0 fully saturated rings. The van der Waals surface area contributed by atoms with Crippen LogP contribution in [-0.2, 0) is 0 Å². The lowest BCUT2D eigenvalue weighted by molar-refractivity contribution is -0.389. The minimum Gasteiger partial charge on any atom is -0.464 e. The molecule has 1 N–H and O–H groups in total. The van der Waals surface area contributed by atoms with Crippen molar-refractivity contribution in [2.24, 2.45) is 0 Å². The van der Waals surface area contributed by atoms with Crippen molar-refractivity contribution in [1.82, 2.24) is 4.98 Å². The number of furan rings is 1. The second-order valence-electron chi connectivity index (χ2n) is 3.98. The fraction of sp³-hybridized carbons (Fsp3) is 0.250. The number of nitrogens with one attached hydrogen (secondary N) is 1. The Balaban J connectivity index is 2.07. The number of aryl methyl sites for hydroxylation is 1. The van der Waals surface area contributed by atoms with Gasteiger partial charge in [0.25, 0.3) is 0 Å². The van der Waals surface area contributed by atoms with Gasteiger partial charge in [0.1, 0.15) is 11.5 Å². The van der Waals surface area contributed by atoms with Crippen LogP contribution in [0.2, 0.25) is 0 Å². The largest absolute Gasteiger partial charge is 0.464 e. The van der Waals surface area contributed by atoms with Gasteiger partial charge in [0.05, 0.1) is 11.7 Å². The van der Waals surface area contributed by atoms with E-state index in [0.717, 1.165) is 11.5 Å². The molecule has 1 unspecified atom stereocenters. The van der Waals surface area contributed by atoms with Crippen LogP contribution in [0, 0.1) is 17.0 Å². The lowest BCUT2D eigenvalue weighted by atomic mass is 10.2. The summed E-state index contributed by atoms with van der Waals surface area (Å²) in [6.07, 6.45) is 1.43. The van der Waals surface area contributed by atoms with E-state index in [2.05, 4.69) is 10.3 Å². The SMILES string of the molecule is Cc1ccc(C(C)Nc2ccc([N+](=O)[O-])nc2)o1. The van der Waals surface area contributed by atoms with Gasteiger partial charge in [-0.05, 0) is 42.0 Å². The molecule has 0 bridgehead atoms. The molecule has 0 aliphatic heterocycles. The van der Waals surface area contributed by atoms with Gasteiger partial charge in [0.15, 0.2) is 6.20 Å². The molecule has 2 aromatic heterocycles. The van der Waals surface area contributed by atoms with Crippen LogP contribution in [0.25, 0.3) is 0 Å². The van der Waals surface area contributed by atoms with Crippen LogP contribution in [-0.4, -0.2) is 9.91 Å². The number of anilines is 1. The number of nitro groups is 1. The van der Waals surface area contributed by atoms with Crippen molar-refractivity contribution in [1.29, 1.82) is 0 Å². The van der Waals surface area contributed by atoms with E-state index in [1.165, 1.54) is 12.3 Å². The number of aromatic nitrogens is 1. The van der Waals surface area contributed by atoms with Crippen LogP contribution in [0.15, 0.2) is 34.9 Å². The molecule has 1 atom stereocenters. The first-order valence-corrected chi connectivity index (χ1v) is 5.49. The fourth-order valence-electron chi connectivity index (χ4n) is 1.59. The van der Waals surface area contributed by atoms with Gasteiger partial charge in [-0.1, -0.05) is 0 Å². The van der Waals surface area contributed by atoms with Gasteiger partial charge in [0.2, 0.25) is 0 Å². The minimum absolute atomic E-state index is 0.0260. The summed E-state index contributed by atoms with van der Waals surface area (Å²) in [7, 11) is 0. The topological polar surface area (TPSA) is 81.2 Å². The van der Waals surface area contributed by atoms with Crippen molar-refractivity contribution < 1.29 is 9.34 Å². The standard InChI is InChI=1S/C12H13N3O3/c1-8-3-5-11(18-8)9(2)14-10-4-6-12(13-7-10)15(16)17/h3-7,9,14H,1-2H3. The van der Waals surface area contributed by atoms with E-state index in [0.29, 0.717) is 5.69 Å². The Labute approximate surface area is 104 Å². The number of rotatable bonds is 4. The van der Waals surface area contributed by atoms with E-state index in [-0.39, 0.29) is 11.9 Å². The van der Waals surface area contributed by atoms with Crippen LogP contribution in [0.3, 0.4) is 0 Å². The normalized spacial score (nSPS) is 12.1. The molecule has 94 valence electrons. The molecule has 0 saturated carbocycles. The molecule has 0 saturated heterocycles. The average Bonchev–Trinajstić information content (AvgIpc) is 2.76. The quantitative estimate of drug-likeness (QED) is 0.663. The summed E-state index contributed by atoms with van der Waals surface area (Å²) >= 11 is 0. The molecular formula is C12H13N3O3. The first-order chi connectivity index (χ1) is 8.56. The summed E-state index contributed by atoms with van der Waals surface area (Å²) in [5.41, 5.74) is 0.710. The highest BCUT2D eigenvalue weighted by atomic mass is 16.6. The molecule has 0 amide bonds. The van der Waals surface area contributed by atoms with Gasteiger partial charge in [-0.3, -0.25) is 0 Å². The van der Waals surface area contributed by atoms with Crippen molar-refractivity contribution in [3.63, 3.8) is 0 Å². The number of hydrogen-bond donors (Lipinski definition) is 1. The van der Waals surface area contributed by atoms with Crippen molar-refractivity contribution in [3.05, 3.63) is 52.1 Å². The number of hydrogen-bond acceptors (Lipinski definition) is 5. The summed E-state index contributed by atoms with van der Waals surface area (Å²) in [6, 6.07) is 6.75. The lowest BCUT2D eigenvalue weighted by Crippen LogP contribution is -2.06. The molecule has 0 radical (unpaired) electrons. The zero-order chi connectivity index (χ0) is 13.1. The molecule has 0 aliphatic rings. The molecule has 6 nitrogen and oxygen atoms in total. The first-order valence-electron chi connectivity index (χ1n) is 5.49. The smallest absolute Gasteiger partial charge is 0.363 e. The van der Waals surface area contributed by atoms with E-state index in [1.807, 2.05) is 26.0 Å². The Bertz CT molecular complexity index is 548. The maximum atomic E-state index is 10.5. The van der Waals surface area contributed by atoms with Crippen molar-refractivity contribution in [2.75, 3.05) is 5.32 Å². The molecule has 0 aromatic carbocycles. The van der Waals surface area contributed by atoms with Gasteiger partial charge in [0, 0.05) is 6.07 Å². The van der Waals surface area contributed by atoms with Gasteiger partial charge in [-0.2, -0.15) is 0 Å². The Morgan fingerprint density at radius 3 is 2.67 bits per heavy atom. The average molecular weight is 247 g/mol. The Hall–Kier alpha value is -2.37. The summed E-state index contributed by atoms with van der Waals surface area (Å²) in [6.45, 7) is 3.82. The van der Waals surface area contributed by atoms with Crippen molar-refractivity contribution >= 4 is 11.5 Å². The summed E-state index contributed by atoms with van der Waals surface area (Å²) in [5, 5.41) is 13.6. The van der Waals surface area contributed by atoms with Crippen LogP contribution in [0.4, 0.5) is 11.5 Å². The number of nitrogens with zero attached hydrogens (tertiary/aromatic N) is 2. The molecule has 0 aliphatic carbocycles. The molecular weight excluding hydrogens is 234 g/mol. The van der Waals surface area contributed by atoms with Crippen LogP contribution >= 0.6 is 0 Å². The van der Waals surface area contributed by atoms with Gasteiger partial charge in [-0.15, -0.1) is 0 Å². The Morgan fingerprint density at radius 1 is 1.39 bits per heavy atom. The molecule has 2 heterocycles. The molecule has 0 spiro atoms. The third kappa shape index (κ3) is 2.65. The maximum Gasteiger partial charge on any atom is 0.363 e. The highest BCUT2D eigenvalue weighted by molar-refractivity contribution is 5.44. The van der Waals surface area contributed by atoms with Crippen molar-refractivity contribution in [2.45, 2.75) is 19.9 Å². The van der Waals surface area contributed by atoms with E-state index < -0.39 is 4.92 Å². The third-order valence-corrected chi connectivity index (χ3v) is 2.51. The van der Waals surface area contributed by atoms with Crippen molar-refractivity contribution in [3.8, 4) is 0 Å².